The molecule has 3 aliphatic carbocycles. The number of hydrogen-bond acceptors (Lipinski definition) is 9. The molecule has 1 saturated carbocycles. The Bertz CT molecular complexity index is 1670. The Morgan fingerprint density at radius 3 is 2.37 bits per heavy atom. The van der Waals surface area contributed by atoms with Crippen LogP contribution in [0.2, 0.25) is 0 Å². The molecule has 5 atom stereocenters. The minimum Gasteiger partial charge on any atom is -0.497 e. The van der Waals surface area contributed by atoms with Gasteiger partial charge >= 0.3 is 0 Å². The van der Waals surface area contributed by atoms with Crippen LogP contribution in [-0.2, 0) is 13.0 Å². The maximum Gasteiger partial charge on any atom is 0.193 e. The first-order valence-electron chi connectivity index (χ1n) is 18.0. The SMILES string of the molecule is COc1ccc(C(=O)c2cc3ccc2C2CCC(O)(CN(Cc4ccc(OC)cc4OC)CC(O)CO)C2(C)CCC=C(C)CCC(O)C3)cc1. The third-order valence-electron chi connectivity index (χ3n) is 11.3. The molecular formula is C42H55NO8. The summed E-state index contributed by atoms with van der Waals surface area (Å²) in [5.74, 6) is 1.69. The molecule has 0 heterocycles. The van der Waals surface area contributed by atoms with Crippen molar-refractivity contribution in [3.63, 3.8) is 0 Å². The number of hydrogen-bond donors (Lipinski definition) is 4. The van der Waals surface area contributed by atoms with E-state index in [1.165, 1.54) is 5.57 Å². The molecule has 0 aliphatic heterocycles. The first-order valence-corrected chi connectivity index (χ1v) is 18.0. The van der Waals surface area contributed by atoms with Gasteiger partial charge in [0.25, 0.3) is 0 Å². The molecule has 5 unspecified atom stereocenters. The van der Waals surface area contributed by atoms with E-state index in [9.17, 15) is 25.2 Å². The van der Waals surface area contributed by atoms with Crippen LogP contribution in [0.15, 0.2) is 72.3 Å². The predicted molar refractivity (Wildman–Crippen MR) is 198 cm³/mol. The average molecular weight is 702 g/mol. The second-order valence-electron chi connectivity index (χ2n) is 14.7. The van der Waals surface area contributed by atoms with Gasteiger partial charge in [-0.2, -0.15) is 0 Å². The van der Waals surface area contributed by atoms with Crippen molar-refractivity contribution in [2.24, 2.45) is 5.41 Å². The van der Waals surface area contributed by atoms with E-state index in [-0.39, 0.29) is 24.8 Å². The Balaban J connectivity index is 1.58. The zero-order valence-electron chi connectivity index (χ0n) is 30.7. The number of rotatable bonds is 12. The van der Waals surface area contributed by atoms with Crippen LogP contribution < -0.4 is 14.2 Å². The van der Waals surface area contributed by atoms with Gasteiger partial charge in [-0.15, -0.1) is 0 Å². The fraction of sp³-hybridized carbons (Fsp3) is 0.500. The minimum atomic E-state index is -1.21. The van der Waals surface area contributed by atoms with Crippen LogP contribution in [0.4, 0.5) is 0 Å². The molecule has 3 aromatic rings. The van der Waals surface area contributed by atoms with Crippen molar-refractivity contribution >= 4 is 5.78 Å². The molecule has 0 saturated heterocycles. The lowest BCUT2D eigenvalue weighted by Gasteiger charge is -2.46. The zero-order chi connectivity index (χ0) is 36.8. The second-order valence-corrected chi connectivity index (χ2v) is 14.7. The summed E-state index contributed by atoms with van der Waals surface area (Å²) in [5.41, 5.74) is 3.11. The minimum absolute atomic E-state index is 0.107. The van der Waals surface area contributed by atoms with E-state index < -0.39 is 29.8 Å². The van der Waals surface area contributed by atoms with E-state index in [1.54, 1.807) is 45.6 Å². The van der Waals surface area contributed by atoms with Crippen LogP contribution in [0, 0.1) is 5.41 Å². The van der Waals surface area contributed by atoms with E-state index in [4.69, 9.17) is 14.2 Å². The van der Waals surface area contributed by atoms with Gasteiger partial charge in [0, 0.05) is 47.8 Å². The second kappa shape index (κ2) is 16.7. The van der Waals surface area contributed by atoms with Gasteiger partial charge in [-0.25, -0.2) is 0 Å². The summed E-state index contributed by atoms with van der Waals surface area (Å²) in [5, 5.41) is 44.4. The molecular weight excluding hydrogens is 646 g/mol. The molecule has 2 bridgehead atoms. The summed E-state index contributed by atoms with van der Waals surface area (Å²) in [7, 11) is 4.79. The molecule has 9 nitrogen and oxygen atoms in total. The Morgan fingerprint density at radius 1 is 0.961 bits per heavy atom. The number of carbonyl (C=O) groups is 1. The monoisotopic (exact) mass is 701 g/mol. The summed E-state index contributed by atoms with van der Waals surface area (Å²) in [6, 6.07) is 18.7. The molecule has 6 rings (SSSR count). The van der Waals surface area contributed by atoms with Gasteiger partial charge < -0.3 is 34.6 Å². The summed E-state index contributed by atoms with van der Waals surface area (Å²) < 4.78 is 16.4. The number of nitrogens with zero attached hydrogens (tertiary/aromatic N) is 1. The highest BCUT2D eigenvalue weighted by Gasteiger charge is 2.57. The largest absolute Gasteiger partial charge is 0.497 e. The third kappa shape index (κ3) is 8.67. The average Bonchev–Trinajstić information content (AvgIpc) is 3.38. The lowest BCUT2D eigenvalue weighted by Crippen LogP contribution is -2.53. The number of ketones is 1. The van der Waals surface area contributed by atoms with Crippen molar-refractivity contribution in [3.05, 3.63) is 100 Å². The van der Waals surface area contributed by atoms with Crippen LogP contribution in [0.25, 0.3) is 0 Å². The van der Waals surface area contributed by atoms with Gasteiger partial charge in [-0.3, -0.25) is 9.69 Å². The van der Waals surface area contributed by atoms with Gasteiger partial charge in [0.15, 0.2) is 5.78 Å². The number of fused-ring (bicyclic) bond motifs is 8. The standard InChI is InChI=1S/C42H55NO8/c1-28-7-6-19-41(2)38(18-20-42(41,48)27-43(25-33(46)26-44)24-31-12-16-35(50-4)23-39(31)51-5)36-17-9-29(21-32(45)13-8-28)22-37(36)40(47)30-10-14-34(49-3)15-11-30/h7,9-12,14-17,22-23,32-33,38,44-46,48H,6,8,13,18-21,24-27H2,1-5H3. The van der Waals surface area contributed by atoms with Crippen molar-refractivity contribution in [1.82, 2.24) is 4.90 Å². The lowest BCUT2D eigenvalue weighted by atomic mass is 9.64. The molecule has 4 N–H and O–H groups in total. The first kappa shape index (κ1) is 38.5. The highest BCUT2D eigenvalue weighted by Crippen LogP contribution is 2.59. The third-order valence-corrected chi connectivity index (χ3v) is 11.3. The number of carbonyl (C=O) groups excluding carboxylic acids is 1. The van der Waals surface area contributed by atoms with Crippen molar-refractivity contribution in [1.29, 1.82) is 0 Å². The fourth-order valence-electron chi connectivity index (χ4n) is 8.23. The molecule has 1 fully saturated rings. The molecule has 0 amide bonds. The van der Waals surface area contributed by atoms with Crippen LogP contribution in [-0.4, -0.2) is 89.9 Å². The summed E-state index contributed by atoms with van der Waals surface area (Å²) in [4.78, 5) is 16.4. The lowest BCUT2D eigenvalue weighted by molar-refractivity contribution is -0.0908. The molecule has 51 heavy (non-hydrogen) atoms. The summed E-state index contributed by atoms with van der Waals surface area (Å²) >= 11 is 0. The Kier molecular flexibility index (Phi) is 12.6. The number of methoxy groups -OCH3 is 3. The number of ether oxygens (including phenoxy) is 3. The number of allylic oxidation sites excluding steroid dienone is 2. The maximum atomic E-state index is 14.4. The van der Waals surface area contributed by atoms with Crippen LogP contribution in [0.1, 0.15) is 90.9 Å². The van der Waals surface area contributed by atoms with E-state index in [2.05, 4.69) is 19.9 Å². The molecule has 3 aromatic carbocycles. The molecule has 9 heteroatoms. The van der Waals surface area contributed by atoms with Crippen molar-refractivity contribution in [2.75, 3.05) is 41.0 Å². The van der Waals surface area contributed by atoms with Gasteiger partial charge in [0.05, 0.1) is 45.7 Å². The van der Waals surface area contributed by atoms with Crippen molar-refractivity contribution in [2.45, 2.75) is 89.1 Å². The number of aliphatic hydroxyl groups is 4. The van der Waals surface area contributed by atoms with E-state index in [1.807, 2.05) is 41.3 Å². The van der Waals surface area contributed by atoms with Gasteiger partial charge in [-0.1, -0.05) is 36.8 Å². The fourth-order valence-corrected chi connectivity index (χ4v) is 8.23. The quantitative estimate of drug-likeness (QED) is 0.136. The molecule has 3 aliphatic rings. The Labute approximate surface area is 302 Å². The Morgan fingerprint density at radius 2 is 1.69 bits per heavy atom. The number of aliphatic hydroxyl groups excluding tert-OH is 3. The van der Waals surface area contributed by atoms with Gasteiger partial charge in [0.1, 0.15) is 17.2 Å². The van der Waals surface area contributed by atoms with Crippen molar-refractivity contribution in [3.8, 4) is 17.2 Å². The van der Waals surface area contributed by atoms with Crippen LogP contribution in [0.5, 0.6) is 17.2 Å². The normalized spacial score (nSPS) is 24.4. The predicted octanol–water partition coefficient (Wildman–Crippen LogP) is 5.84. The zero-order valence-corrected chi connectivity index (χ0v) is 30.7. The highest BCUT2D eigenvalue weighted by atomic mass is 16.5. The molecule has 0 radical (unpaired) electrons. The van der Waals surface area contributed by atoms with E-state index in [0.29, 0.717) is 67.0 Å². The highest BCUT2D eigenvalue weighted by molar-refractivity contribution is 6.10. The van der Waals surface area contributed by atoms with E-state index >= 15 is 0 Å². The molecule has 276 valence electrons. The first-order chi connectivity index (χ1) is 24.4. The van der Waals surface area contributed by atoms with Gasteiger partial charge in [-0.05, 0) is 105 Å². The maximum absolute atomic E-state index is 14.4. The number of benzene rings is 3. The van der Waals surface area contributed by atoms with E-state index in [0.717, 1.165) is 29.5 Å². The van der Waals surface area contributed by atoms with Crippen LogP contribution in [0.3, 0.4) is 0 Å². The smallest absolute Gasteiger partial charge is 0.193 e. The molecule has 0 spiro atoms. The molecule has 0 aromatic heterocycles. The topological polar surface area (TPSA) is 129 Å². The van der Waals surface area contributed by atoms with Crippen LogP contribution >= 0.6 is 0 Å². The summed E-state index contributed by atoms with van der Waals surface area (Å²) in [6.45, 7) is 4.58. The van der Waals surface area contributed by atoms with Gasteiger partial charge in [0.2, 0.25) is 0 Å². The Hall–Kier alpha value is -3.73. The summed E-state index contributed by atoms with van der Waals surface area (Å²) in [6.07, 6.45) is 5.04. The van der Waals surface area contributed by atoms with Crippen molar-refractivity contribution < 1.29 is 39.4 Å².